The monoisotopic (exact) mass is 466 g/mol. The highest BCUT2D eigenvalue weighted by Gasteiger charge is 2.31. The number of likely N-dealkylation sites (N-methyl/N-ethyl adjacent to an activating group) is 1. The van der Waals surface area contributed by atoms with Crippen molar-refractivity contribution < 1.29 is 35.9 Å². The summed E-state index contributed by atoms with van der Waals surface area (Å²) >= 11 is 0. The smallest absolute Gasteiger partial charge is 0.406 e. The summed E-state index contributed by atoms with van der Waals surface area (Å²) in [4.78, 5) is 27.2. The van der Waals surface area contributed by atoms with E-state index in [1.807, 2.05) is 11.8 Å². The third-order valence-corrected chi connectivity index (χ3v) is 5.94. The van der Waals surface area contributed by atoms with Crippen LogP contribution in [-0.4, -0.2) is 82.2 Å². The quantitative estimate of drug-likeness (QED) is 0.550. The zero-order chi connectivity index (χ0) is 23.1. The number of alkyl halides is 3. The Hall–Kier alpha value is -2.38. The fourth-order valence-electron chi connectivity index (χ4n) is 2.97. The van der Waals surface area contributed by atoms with Crippen LogP contribution in [0.25, 0.3) is 0 Å². The highest BCUT2D eigenvalue weighted by atomic mass is 32.2. The molecule has 9 nitrogen and oxygen atoms in total. The predicted octanol–water partition coefficient (Wildman–Crippen LogP) is 0.534. The molecule has 1 aliphatic rings. The van der Waals surface area contributed by atoms with Gasteiger partial charge in [0.05, 0.1) is 11.4 Å². The first-order valence-corrected chi connectivity index (χ1v) is 11.1. The molecule has 1 saturated heterocycles. The van der Waals surface area contributed by atoms with Gasteiger partial charge in [-0.15, -0.1) is 13.2 Å². The van der Waals surface area contributed by atoms with Gasteiger partial charge in [0.1, 0.15) is 5.75 Å². The van der Waals surface area contributed by atoms with Gasteiger partial charge in [-0.05, 0) is 31.2 Å². The number of sulfonamides is 1. The van der Waals surface area contributed by atoms with Gasteiger partial charge in [0.2, 0.25) is 21.8 Å². The lowest BCUT2D eigenvalue weighted by Gasteiger charge is -2.34. The molecule has 0 saturated carbocycles. The predicted molar refractivity (Wildman–Crippen MR) is 105 cm³/mol. The molecular weight excluding hydrogens is 441 g/mol. The fraction of sp³-hybridized carbons (Fsp3) is 0.556. The van der Waals surface area contributed by atoms with Crippen LogP contribution < -0.4 is 14.8 Å². The first kappa shape index (κ1) is 24.9. The minimum absolute atomic E-state index is 0.0647. The average molecular weight is 466 g/mol. The molecule has 1 fully saturated rings. The van der Waals surface area contributed by atoms with Gasteiger partial charge in [0.25, 0.3) is 0 Å². The number of rotatable bonds is 9. The molecule has 2 rings (SSSR count). The molecule has 0 aliphatic carbocycles. The van der Waals surface area contributed by atoms with E-state index in [0.29, 0.717) is 32.7 Å². The number of amides is 2. The number of hydrogen-bond acceptors (Lipinski definition) is 6. The van der Waals surface area contributed by atoms with Crippen LogP contribution in [0, 0.1) is 0 Å². The van der Waals surface area contributed by atoms with E-state index in [-0.39, 0.29) is 36.2 Å². The maximum Gasteiger partial charge on any atom is 0.573 e. The molecule has 2 amide bonds. The normalized spacial score (nSPS) is 15.5. The van der Waals surface area contributed by atoms with E-state index in [1.54, 1.807) is 4.90 Å². The summed E-state index contributed by atoms with van der Waals surface area (Å²) in [5.41, 5.74) is 0. The Kier molecular flexibility index (Phi) is 8.65. The molecule has 0 aromatic heterocycles. The van der Waals surface area contributed by atoms with Gasteiger partial charge >= 0.3 is 6.36 Å². The third kappa shape index (κ3) is 8.34. The van der Waals surface area contributed by atoms with Crippen molar-refractivity contribution in [3.63, 3.8) is 0 Å². The van der Waals surface area contributed by atoms with E-state index in [4.69, 9.17) is 0 Å². The minimum atomic E-state index is -4.87. The number of carbonyl (C=O) groups is 2. The van der Waals surface area contributed by atoms with Crippen molar-refractivity contribution >= 4 is 21.8 Å². The van der Waals surface area contributed by atoms with Gasteiger partial charge in [-0.3, -0.25) is 14.5 Å². The van der Waals surface area contributed by atoms with Gasteiger partial charge in [-0.1, -0.05) is 0 Å². The molecule has 0 radical (unpaired) electrons. The summed E-state index contributed by atoms with van der Waals surface area (Å²) in [6.07, 6.45) is -4.93. The molecule has 174 valence electrons. The molecule has 0 bridgehead atoms. The summed E-state index contributed by atoms with van der Waals surface area (Å²) in [5, 5.41) is 2.71. The fourth-order valence-corrected chi connectivity index (χ4v) is 4.00. The van der Waals surface area contributed by atoms with Crippen LogP contribution in [0.3, 0.4) is 0 Å². The molecule has 2 N–H and O–H groups in total. The van der Waals surface area contributed by atoms with Crippen LogP contribution >= 0.6 is 0 Å². The van der Waals surface area contributed by atoms with E-state index >= 15 is 0 Å². The van der Waals surface area contributed by atoms with Crippen LogP contribution in [0.5, 0.6) is 5.75 Å². The number of piperazine rings is 1. The second kappa shape index (κ2) is 10.8. The Labute approximate surface area is 178 Å². The molecule has 1 aromatic carbocycles. The lowest BCUT2D eigenvalue weighted by molar-refractivity contribution is -0.274. The zero-order valence-corrected chi connectivity index (χ0v) is 17.8. The zero-order valence-electron chi connectivity index (χ0n) is 16.9. The second-order valence-corrected chi connectivity index (χ2v) is 8.54. The van der Waals surface area contributed by atoms with Crippen LogP contribution in [0.1, 0.15) is 13.3 Å². The first-order valence-electron chi connectivity index (χ1n) is 9.62. The van der Waals surface area contributed by atoms with Gasteiger partial charge in [-0.2, -0.15) is 0 Å². The van der Waals surface area contributed by atoms with Crippen molar-refractivity contribution in [2.75, 3.05) is 45.8 Å². The number of hydrogen-bond donors (Lipinski definition) is 2. The molecule has 1 aromatic rings. The molecule has 0 atom stereocenters. The Morgan fingerprint density at radius 1 is 1.10 bits per heavy atom. The molecule has 1 heterocycles. The van der Waals surface area contributed by atoms with Crippen LogP contribution in [-0.2, 0) is 19.6 Å². The molecule has 1 aliphatic heterocycles. The number of nitrogens with one attached hydrogen (secondary N) is 2. The van der Waals surface area contributed by atoms with Crippen LogP contribution in [0.2, 0.25) is 0 Å². The maximum absolute atomic E-state index is 12.3. The Morgan fingerprint density at radius 3 is 2.26 bits per heavy atom. The van der Waals surface area contributed by atoms with Crippen molar-refractivity contribution in [2.45, 2.75) is 24.6 Å². The van der Waals surface area contributed by atoms with Gasteiger partial charge in [0, 0.05) is 45.7 Å². The molecule has 0 spiro atoms. The molecule has 31 heavy (non-hydrogen) atoms. The number of carbonyl (C=O) groups excluding carboxylic acids is 2. The Bertz CT molecular complexity index is 854. The number of ether oxygens (including phenoxy) is 1. The van der Waals surface area contributed by atoms with E-state index in [0.717, 1.165) is 24.3 Å². The highest BCUT2D eigenvalue weighted by Crippen LogP contribution is 2.23. The lowest BCUT2D eigenvalue weighted by Crippen LogP contribution is -2.51. The van der Waals surface area contributed by atoms with Crippen molar-refractivity contribution in [1.29, 1.82) is 0 Å². The lowest BCUT2D eigenvalue weighted by atomic mass is 10.2. The molecule has 0 unspecified atom stereocenters. The number of halogens is 3. The largest absolute Gasteiger partial charge is 0.573 e. The van der Waals surface area contributed by atoms with E-state index in [9.17, 15) is 31.2 Å². The summed E-state index contributed by atoms with van der Waals surface area (Å²) in [5.74, 6) is -0.836. The van der Waals surface area contributed by atoms with Crippen molar-refractivity contribution in [3.05, 3.63) is 24.3 Å². The summed E-state index contributed by atoms with van der Waals surface area (Å²) < 4.78 is 67.0. The summed E-state index contributed by atoms with van der Waals surface area (Å²) in [6.45, 7) is 4.46. The van der Waals surface area contributed by atoms with E-state index in [2.05, 4.69) is 14.8 Å². The second-order valence-electron chi connectivity index (χ2n) is 6.78. The average Bonchev–Trinajstić information content (AvgIpc) is 2.67. The first-order chi connectivity index (χ1) is 14.5. The van der Waals surface area contributed by atoms with Gasteiger partial charge in [-0.25, -0.2) is 13.1 Å². The third-order valence-electron chi connectivity index (χ3n) is 4.46. The van der Waals surface area contributed by atoms with Crippen LogP contribution in [0.4, 0.5) is 13.2 Å². The molecule has 13 heteroatoms. The van der Waals surface area contributed by atoms with E-state index < -0.39 is 22.1 Å². The van der Waals surface area contributed by atoms with Crippen molar-refractivity contribution in [2.24, 2.45) is 0 Å². The summed E-state index contributed by atoms with van der Waals surface area (Å²) in [6, 6.07) is 3.76. The SMILES string of the molecule is CCNC(=O)CN1CCN(C(=O)CCNS(=O)(=O)c2ccc(OC(F)(F)F)cc2)CC1. The highest BCUT2D eigenvalue weighted by molar-refractivity contribution is 7.89. The van der Waals surface area contributed by atoms with Crippen LogP contribution in [0.15, 0.2) is 29.2 Å². The van der Waals surface area contributed by atoms with Crippen molar-refractivity contribution in [3.8, 4) is 5.75 Å². The Balaban J connectivity index is 1.77. The summed E-state index contributed by atoms with van der Waals surface area (Å²) in [7, 11) is -3.99. The molecular formula is C18H25F3N4O5S. The van der Waals surface area contributed by atoms with Gasteiger partial charge < -0.3 is 15.0 Å². The van der Waals surface area contributed by atoms with Crippen molar-refractivity contribution in [1.82, 2.24) is 19.8 Å². The Morgan fingerprint density at radius 2 is 1.71 bits per heavy atom. The number of benzene rings is 1. The number of nitrogens with zero attached hydrogens (tertiary/aromatic N) is 2. The minimum Gasteiger partial charge on any atom is -0.406 e. The topological polar surface area (TPSA) is 108 Å². The van der Waals surface area contributed by atoms with Gasteiger partial charge in [0.15, 0.2) is 0 Å². The van der Waals surface area contributed by atoms with E-state index in [1.165, 1.54) is 0 Å². The maximum atomic E-state index is 12.3. The standard InChI is InChI=1S/C18H25F3N4O5S/c1-2-22-16(26)13-24-9-11-25(12-10-24)17(27)7-8-23-31(28,29)15-5-3-14(4-6-15)30-18(19,20)21/h3-6,23H,2,7-13H2,1H3,(H,22,26).